The lowest BCUT2D eigenvalue weighted by Gasteiger charge is -2.50. The average molecular weight is 344 g/mol. The molecule has 1 N–H and O–H groups in total. The highest BCUT2D eigenvalue weighted by Gasteiger charge is 2.61. The van der Waals surface area contributed by atoms with Crippen LogP contribution in [0.15, 0.2) is 42.6 Å². The summed E-state index contributed by atoms with van der Waals surface area (Å²) in [6.07, 6.45) is -0.505. The van der Waals surface area contributed by atoms with Gasteiger partial charge in [-0.05, 0) is 29.8 Å². The summed E-state index contributed by atoms with van der Waals surface area (Å²) in [5.74, 6) is -2.80. The van der Waals surface area contributed by atoms with E-state index in [-0.39, 0.29) is 5.02 Å². The number of aliphatic hydroxyl groups excluding tert-OH is 1. The highest BCUT2D eigenvalue weighted by atomic mass is 35.5. The Morgan fingerprint density at radius 1 is 1.09 bits per heavy atom. The first-order valence-corrected chi connectivity index (χ1v) is 7.52. The third-order valence-electron chi connectivity index (χ3n) is 4.13. The zero-order valence-electron chi connectivity index (χ0n) is 11.4. The quantitative estimate of drug-likeness (QED) is 0.869. The molecule has 0 radical (unpaired) electrons. The molecule has 0 saturated heterocycles. The topological polar surface area (TPSA) is 33.1 Å². The largest absolute Gasteiger partial charge is 0.386 e. The number of aromatic nitrogens is 1. The van der Waals surface area contributed by atoms with Gasteiger partial charge in [-0.1, -0.05) is 35.3 Å². The van der Waals surface area contributed by atoms with Gasteiger partial charge >= 0.3 is 0 Å². The van der Waals surface area contributed by atoms with Gasteiger partial charge in [-0.3, -0.25) is 4.98 Å². The van der Waals surface area contributed by atoms with E-state index in [0.29, 0.717) is 16.3 Å². The Bertz CT molecular complexity index is 686. The molecular formula is C16H13Cl2F2NO. The molecule has 3 rings (SSSR count). The number of hydrogen-bond donors (Lipinski definition) is 1. The molecule has 1 heterocycles. The summed E-state index contributed by atoms with van der Waals surface area (Å²) >= 11 is 11.9. The van der Waals surface area contributed by atoms with Gasteiger partial charge in [-0.15, -0.1) is 0 Å². The molecule has 116 valence electrons. The fraction of sp³-hybridized carbons (Fsp3) is 0.312. The fourth-order valence-corrected chi connectivity index (χ4v) is 3.35. The number of nitrogens with zero attached hydrogens (tertiary/aromatic N) is 1. The fourth-order valence-electron chi connectivity index (χ4n) is 3.05. The van der Waals surface area contributed by atoms with Gasteiger partial charge < -0.3 is 5.11 Å². The molecule has 1 atom stereocenters. The number of halogens is 4. The molecule has 0 spiro atoms. The van der Waals surface area contributed by atoms with Crippen molar-refractivity contribution in [1.82, 2.24) is 4.98 Å². The molecule has 22 heavy (non-hydrogen) atoms. The normalized spacial score (nSPS) is 20.2. The summed E-state index contributed by atoms with van der Waals surface area (Å²) < 4.78 is 27.2. The first-order valence-electron chi connectivity index (χ1n) is 6.76. The van der Waals surface area contributed by atoms with Crippen LogP contribution in [0.3, 0.4) is 0 Å². The summed E-state index contributed by atoms with van der Waals surface area (Å²) in [5.41, 5.74) is -0.193. The van der Waals surface area contributed by atoms with Crippen LogP contribution in [0.5, 0.6) is 0 Å². The van der Waals surface area contributed by atoms with Crippen molar-refractivity contribution < 1.29 is 13.9 Å². The molecule has 1 aromatic heterocycles. The molecule has 6 heteroatoms. The lowest BCUT2D eigenvalue weighted by molar-refractivity contribution is -0.163. The van der Waals surface area contributed by atoms with Crippen molar-refractivity contribution in [1.29, 1.82) is 0 Å². The molecule has 2 nitrogen and oxygen atoms in total. The number of hydrogen-bond acceptors (Lipinski definition) is 2. The van der Waals surface area contributed by atoms with E-state index in [4.69, 9.17) is 23.2 Å². The second kappa shape index (κ2) is 5.44. The molecule has 1 aliphatic rings. The highest BCUT2D eigenvalue weighted by molar-refractivity contribution is 6.42. The van der Waals surface area contributed by atoms with Gasteiger partial charge in [0.1, 0.15) is 6.10 Å². The molecule has 1 aromatic carbocycles. The summed E-state index contributed by atoms with van der Waals surface area (Å²) in [6, 6.07) is 9.78. The minimum Gasteiger partial charge on any atom is -0.386 e. The summed E-state index contributed by atoms with van der Waals surface area (Å²) in [7, 11) is 0. The van der Waals surface area contributed by atoms with Crippen molar-refractivity contribution in [3.05, 3.63) is 63.9 Å². The van der Waals surface area contributed by atoms with Gasteiger partial charge in [0.05, 0.1) is 15.7 Å². The van der Waals surface area contributed by atoms with Gasteiger partial charge in [-0.25, -0.2) is 8.78 Å². The number of rotatable bonds is 3. The van der Waals surface area contributed by atoms with Crippen LogP contribution in [0.25, 0.3) is 0 Å². The maximum Gasteiger partial charge on any atom is 0.250 e. The van der Waals surface area contributed by atoms with E-state index in [1.54, 1.807) is 36.4 Å². The average Bonchev–Trinajstić information content (AvgIpc) is 2.47. The van der Waals surface area contributed by atoms with Crippen molar-refractivity contribution in [2.24, 2.45) is 0 Å². The Balaban J connectivity index is 2.04. The number of benzene rings is 1. The molecule has 1 fully saturated rings. The molecular weight excluding hydrogens is 331 g/mol. The van der Waals surface area contributed by atoms with E-state index in [2.05, 4.69) is 4.98 Å². The van der Waals surface area contributed by atoms with Crippen LogP contribution >= 0.6 is 23.2 Å². The molecule has 2 aromatic rings. The van der Waals surface area contributed by atoms with E-state index in [1.165, 1.54) is 6.20 Å². The van der Waals surface area contributed by atoms with Gasteiger partial charge in [0.15, 0.2) is 0 Å². The summed E-state index contributed by atoms with van der Waals surface area (Å²) in [5, 5.41) is 11.3. The maximum atomic E-state index is 13.6. The van der Waals surface area contributed by atoms with Crippen molar-refractivity contribution >= 4 is 23.2 Å². The van der Waals surface area contributed by atoms with Crippen LogP contribution in [0.2, 0.25) is 10.0 Å². The van der Waals surface area contributed by atoms with Crippen molar-refractivity contribution in [2.75, 3.05) is 0 Å². The predicted molar refractivity (Wildman–Crippen MR) is 81.5 cm³/mol. The van der Waals surface area contributed by atoms with Crippen molar-refractivity contribution in [2.45, 2.75) is 30.3 Å². The third-order valence-corrected chi connectivity index (χ3v) is 4.87. The van der Waals surface area contributed by atoms with Crippen LogP contribution in [0.4, 0.5) is 8.78 Å². The standard InChI is InChI=1S/C16H13Cl2F2NO/c17-11-5-4-10(7-12(11)18)15(8-16(19,20)9-15)14(22)13-3-1-2-6-21-13/h1-7,14,22H,8-9H2. The van der Waals surface area contributed by atoms with E-state index < -0.39 is 30.3 Å². The lowest BCUT2D eigenvalue weighted by Crippen LogP contribution is -2.53. The Hall–Kier alpha value is -1.23. The molecule has 1 saturated carbocycles. The number of aliphatic hydroxyl groups is 1. The smallest absolute Gasteiger partial charge is 0.250 e. The first kappa shape index (κ1) is 15.7. The predicted octanol–water partition coefficient (Wildman–Crippen LogP) is 4.79. The van der Waals surface area contributed by atoms with E-state index in [9.17, 15) is 13.9 Å². The van der Waals surface area contributed by atoms with Gasteiger partial charge in [0, 0.05) is 24.5 Å². The second-order valence-electron chi connectivity index (χ2n) is 5.65. The zero-order valence-corrected chi connectivity index (χ0v) is 13.0. The van der Waals surface area contributed by atoms with Gasteiger partial charge in [0.25, 0.3) is 0 Å². The van der Waals surface area contributed by atoms with Crippen LogP contribution in [-0.2, 0) is 5.41 Å². The second-order valence-corrected chi connectivity index (χ2v) is 6.47. The van der Waals surface area contributed by atoms with E-state index >= 15 is 0 Å². The summed E-state index contributed by atoms with van der Waals surface area (Å²) in [6.45, 7) is 0. The number of alkyl halides is 2. The van der Waals surface area contributed by atoms with Gasteiger partial charge in [-0.2, -0.15) is 0 Å². The molecule has 1 aliphatic carbocycles. The maximum absolute atomic E-state index is 13.6. The number of pyridine rings is 1. The molecule has 0 bridgehead atoms. The lowest BCUT2D eigenvalue weighted by atomic mass is 9.58. The van der Waals surface area contributed by atoms with Crippen LogP contribution in [0.1, 0.15) is 30.2 Å². The Morgan fingerprint density at radius 2 is 1.82 bits per heavy atom. The monoisotopic (exact) mass is 343 g/mol. The highest BCUT2D eigenvalue weighted by Crippen LogP contribution is 2.59. The minimum absolute atomic E-state index is 0.280. The zero-order chi connectivity index (χ0) is 16.0. The van der Waals surface area contributed by atoms with Crippen LogP contribution in [0, 0.1) is 0 Å². The van der Waals surface area contributed by atoms with Crippen molar-refractivity contribution in [3.8, 4) is 0 Å². The minimum atomic E-state index is -2.80. The van der Waals surface area contributed by atoms with E-state index in [0.717, 1.165) is 0 Å². The Kier molecular flexibility index (Phi) is 3.87. The van der Waals surface area contributed by atoms with Gasteiger partial charge in [0.2, 0.25) is 5.92 Å². The molecule has 0 amide bonds. The van der Waals surface area contributed by atoms with Crippen LogP contribution in [-0.4, -0.2) is 16.0 Å². The Labute approximate surface area is 136 Å². The Morgan fingerprint density at radius 3 is 2.36 bits per heavy atom. The molecule has 1 unspecified atom stereocenters. The third kappa shape index (κ3) is 2.60. The van der Waals surface area contributed by atoms with Crippen LogP contribution < -0.4 is 0 Å². The molecule has 0 aliphatic heterocycles. The SMILES string of the molecule is OC(c1ccccn1)C1(c2ccc(Cl)c(Cl)c2)CC(F)(F)C1. The van der Waals surface area contributed by atoms with E-state index in [1.807, 2.05) is 0 Å². The first-order chi connectivity index (χ1) is 10.3. The summed E-state index contributed by atoms with van der Waals surface area (Å²) in [4.78, 5) is 4.09. The van der Waals surface area contributed by atoms with Crippen molar-refractivity contribution in [3.63, 3.8) is 0 Å².